The number of fused-ring (bicyclic) bond motifs is 2. The molecule has 4 heterocycles. The third-order valence-electron chi connectivity index (χ3n) is 10.5. The fourth-order valence-corrected chi connectivity index (χ4v) is 7.10. The van der Waals surface area contributed by atoms with Crippen molar-refractivity contribution >= 4 is 29.7 Å². The molecule has 0 spiro atoms. The van der Waals surface area contributed by atoms with Gasteiger partial charge in [-0.1, -0.05) is 58.9 Å². The van der Waals surface area contributed by atoms with Crippen LogP contribution in [0.3, 0.4) is 0 Å². The van der Waals surface area contributed by atoms with E-state index in [1.165, 1.54) is 0 Å². The summed E-state index contributed by atoms with van der Waals surface area (Å²) in [6.45, 7) is 18.8. The lowest BCUT2D eigenvalue weighted by atomic mass is 9.81. The average Bonchev–Trinajstić information content (AvgIpc) is 3.59. The highest BCUT2D eigenvalue weighted by molar-refractivity contribution is 5.94. The number of piperazine rings is 1. The van der Waals surface area contributed by atoms with Gasteiger partial charge in [0.05, 0.1) is 18.5 Å². The number of nitrogens with zero attached hydrogens (tertiary/aromatic N) is 7. The van der Waals surface area contributed by atoms with Crippen LogP contribution in [0.1, 0.15) is 87.8 Å². The first kappa shape index (κ1) is 40.4. The van der Waals surface area contributed by atoms with Gasteiger partial charge in [-0.25, -0.2) is 14.8 Å². The predicted molar refractivity (Wildman–Crippen MR) is 213 cm³/mol. The van der Waals surface area contributed by atoms with Crippen molar-refractivity contribution in [3.8, 4) is 5.75 Å². The summed E-state index contributed by atoms with van der Waals surface area (Å²) in [7, 11) is 3.76. The molecule has 0 radical (unpaired) electrons. The summed E-state index contributed by atoms with van der Waals surface area (Å²) in [5.41, 5.74) is -0.199. The summed E-state index contributed by atoms with van der Waals surface area (Å²) >= 11 is 0. The van der Waals surface area contributed by atoms with E-state index in [1.807, 2.05) is 69.5 Å². The Bertz CT molecular complexity index is 2110. The van der Waals surface area contributed by atoms with Crippen LogP contribution >= 0.6 is 0 Å². The second kappa shape index (κ2) is 15.7. The van der Waals surface area contributed by atoms with Gasteiger partial charge in [0.15, 0.2) is 11.9 Å². The zero-order valence-corrected chi connectivity index (χ0v) is 33.8. The lowest BCUT2D eigenvalue weighted by molar-refractivity contribution is -0.111. The molecule has 1 fully saturated rings. The average molecular weight is 767 g/mol. The summed E-state index contributed by atoms with van der Waals surface area (Å²) in [5, 5.41) is 17.4. The van der Waals surface area contributed by atoms with Crippen LogP contribution in [0.5, 0.6) is 5.75 Å². The number of anilines is 1. The van der Waals surface area contributed by atoms with Gasteiger partial charge in [-0.3, -0.25) is 24.2 Å². The third-order valence-corrected chi connectivity index (χ3v) is 10.5. The second-order valence-corrected chi connectivity index (χ2v) is 17.0. The molecule has 4 aromatic rings. The SMILES string of the molecule is COCC(C)(C)c1nnc2ccc(O[C@@H]3C=C[C@](C=O)(NC(=O)Nc4cc(C(C)(C)C)nc(C(=O)NCC(C)(C)N5CCN(C)CC5)n4)c4ccccc43)cn12. The number of hydrogen-bond acceptors (Lipinski definition) is 11. The van der Waals surface area contributed by atoms with Gasteiger partial charge in [0, 0.05) is 67.8 Å². The van der Waals surface area contributed by atoms with Crippen LogP contribution in [0, 0.1) is 0 Å². The van der Waals surface area contributed by atoms with Crippen LogP contribution in [0.25, 0.3) is 5.65 Å². The lowest BCUT2D eigenvalue weighted by Gasteiger charge is -2.43. The Kier molecular flexibility index (Phi) is 11.3. The van der Waals surface area contributed by atoms with Crippen molar-refractivity contribution in [3.05, 3.63) is 89.3 Å². The lowest BCUT2D eigenvalue weighted by Crippen LogP contribution is -2.57. The summed E-state index contributed by atoms with van der Waals surface area (Å²) in [6.07, 6.45) is 5.32. The Morgan fingerprint density at radius 1 is 0.982 bits per heavy atom. The molecule has 1 aromatic carbocycles. The molecule has 1 aliphatic heterocycles. The third kappa shape index (κ3) is 8.59. The fraction of sp³-hybridized carbons (Fsp3) is 0.488. The van der Waals surface area contributed by atoms with Gasteiger partial charge < -0.3 is 25.0 Å². The number of methoxy groups -OCH3 is 1. The van der Waals surface area contributed by atoms with Crippen molar-refractivity contribution in [1.82, 2.24) is 45.0 Å². The van der Waals surface area contributed by atoms with Crippen LogP contribution < -0.4 is 20.7 Å². The van der Waals surface area contributed by atoms with Gasteiger partial charge in [-0.05, 0) is 50.7 Å². The van der Waals surface area contributed by atoms with Crippen LogP contribution in [0.2, 0.25) is 0 Å². The van der Waals surface area contributed by atoms with Gasteiger partial charge >= 0.3 is 6.03 Å². The van der Waals surface area contributed by atoms with E-state index in [4.69, 9.17) is 9.47 Å². The number of rotatable bonds is 12. The Hall–Kier alpha value is -5.25. The number of likely N-dealkylation sites (N-methyl/N-ethyl adjacent to an activating group) is 1. The number of hydrogen-bond donors (Lipinski definition) is 3. The van der Waals surface area contributed by atoms with E-state index >= 15 is 0 Å². The molecule has 1 aliphatic carbocycles. The van der Waals surface area contributed by atoms with E-state index in [0.29, 0.717) is 47.7 Å². The maximum Gasteiger partial charge on any atom is 0.321 e. The van der Waals surface area contributed by atoms with E-state index in [2.05, 4.69) is 66.8 Å². The van der Waals surface area contributed by atoms with Crippen molar-refractivity contribution in [2.24, 2.45) is 0 Å². The van der Waals surface area contributed by atoms with E-state index in [0.717, 1.165) is 32.0 Å². The molecule has 3 N–H and O–H groups in total. The first-order chi connectivity index (χ1) is 26.4. The minimum Gasteiger partial charge on any atom is -0.480 e. The minimum absolute atomic E-state index is 0.0612. The monoisotopic (exact) mass is 766 g/mol. The van der Waals surface area contributed by atoms with Gasteiger partial charge in [-0.2, -0.15) is 0 Å². The molecule has 3 amide bonds. The molecule has 3 aromatic heterocycles. The molecule has 2 atom stereocenters. The van der Waals surface area contributed by atoms with Crippen molar-refractivity contribution < 1.29 is 23.9 Å². The molecular weight excluding hydrogens is 713 g/mol. The molecular formula is C41H54N10O5. The zero-order valence-electron chi connectivity index (χ0n) is 33.8. The molecule has 0 bridgehead atoms. The first-order valence-electron chi connectivity index (χ1n) is 18.9. The largest absolute Gasteiger partial charge is 0.480 e. The number of carbonyl (C=O) groups excluding carboxylic acids is 3. The Balaban J connectivity index is 1.20. The van der Waals surface area contributed by atoms with Crippen LogP contribution in [-0.4, -0.2) is 112 Å². The normalized spacial score (nSPS) is 19.3. The summed E-state index contributed by atoms with van der Waals surface area (Å²) in [4.78, 5) is 53.9. The number of aldehydes is 1. The molecule has 15 heteroatoms. The standard InChI is InChI=1S/C41H54N10O5/c1-38(2,3)31-22-32(44-34(43-31)35(53)42-24-40(6,7)50-20-18-49(8)19-21-50)45-37(54)46-41(25-52)17-16-30(28-12-10-11-13-29(28)41)56-27-14-15-33-47-48-36(51(33)23-27)39(4,5)26-55-9/h10-17,22-23,25,30H,18-21,24,26H2,1-9H3,(H,42,53)(H2,43,44,45,46,54)/t30-,41-/m1/s1. The van der Waals surface area contributed by atoms with Crippen molar-refractivity contribution in [2.75, 3.05) is 58.8 Å². The van der Waals surface area contributed by atoms with Crippen molar-refractivity contribution in [2.45, 2.75) is 76.5 Å². The molecule has 2 aliphatic rings. The summed E-state index contributed by atoms with van der Waals surface area (Å²) < 4.78 is 13.8. The highest BCUT2D eigenvalue weighted by Gasteiger charge is 2.39. The number of carbonyl (C=O) groups is 3. The quantitative estimate of drug-likeness (QED) is 0.138. The number of pyridine rings is 1. The van der Waals surface area contributed by atoms with Gasteiger partial charge in [0.25, 0.3) is 5.91 Å². The van der Waals surface area contributed by atoms with Gasteiger partial charge in [-0.15, -0.1) is 10.2 Å². The molecule has 56 heavy (non-hydrogen) atoms. The fourth-order valence-electron chi connectivity index (χ4n) is 7.10. The van der Waals surface area contributed by atoms with Crippen LogP contribution in [0.15, 0.2) is 60.8 Å². The number of nitrogens with one attached hydrogen (secondary N) is 3. The molecule has 0 unspecified atom stereocenters. The maximum absolute atomic E-state index is 13.7. The molecule has 298 valence electrons. The number of ether oxygens (including phenoxy) is 2. The van der Waals surface area contributed by atoms with E-state index in [1.54, 1.807) is 37.5 Å². The first-order valence-corrected chi connectivity index (χ1v) is 18.9. The molecule has 6 rings (SSSR count). The summed E-state index contributed by atoms with van der Waals surface area (Å²) in [5.74, 6) is 0.903. The predicted octanol–water partition coefficient (Wildman–Crippen LogP) is 4.40. The number of benzene rings is 1. The van der Waals surface area contributed by atoms with Crippen LogP contribution in [0.4, 0.5) is 10.6 Å². The highest BCUT2D eigenvalue weighted by Crippen LogP contribution is 2.37. The van der Waals surface area contributed by atoms with E-state index < -0.39 is 34.4 Å². The minimum atomic E-state index is -1.52. The smallest absolute Gasteiger partial charge is 0.321 e. The van der Waals surface area contributed by atoms with Crippen molar-refractivity contribution in [1.29, 1.82) is 0 Å². The number of urea groups is 1. The Labute approximate surface area is 328 Å². The van der Waals surface area contributed by atoms with Gasteiger partial charge in [0.1, 0.15) is 29.0 Å². The van der Waals surface area contributed by atoms with Crippen molar-refractivity contribution in [3.63, 3.8) is 0 Å². The van der Waals surface area contributed by atoms with Crippen LogP contribution in [-0.2, 0) is 25.9 Å². The Morgan fingerprint density at radius 3 is 2.41 bits per heavy atom. The van der Waals surface area contributed by atoms with E-state index in [-0.39, 0.29) is 17.2 Å². The number of aromatic nitrogens is 5. The molecule has 0 saturated carbocycles. The highest BCUT2D eigenvalue weighted by atomic mass is 16.5. The van der Waals surface area contributed by atoms with E-state index in [9.17, 15) is 14.4 Å². The zero-order chi connectivity index (χ0) is 40.5. The topological polar surface area (TPSA) is 168 Å². The Morgan fingerprint density at radius 2 is 1.71 bits per heavy atom. The summed E-state index contributed by atoms with van der Waals surface area (Å²) in [6, 6.07) is 11.9. The number of amides is 3. The second-order valence-electron chi connectivity index (χ2n) is 17.0. The van der Waals surface area contributed by atoms with Gasteiger partial charge in [0.2, 0.25) is 5.82 Å². The molecule has 1 saturated heterocycles. The maximum atomic E-state index is 13.7. The molecule has 15 nitrogen and oxygen atoms in total.